The molecule has 0 N–H and O–H groups in total. The van der Waals surface area contributed by atoms with Crippen molar-refractivity contribution < 1.29 is 4.74 Å². The third-order valence-corrected chi connectivity index (χ3v) is 6.09. The molecular formula is C25H36N2O. The molecule has 0 radical (unpaired) electrons. The van der Waals surface area contributed by atoms with E-state index in [1.807, 2.05) is 12.3 Å². The molecule has 3 heteroatoms. The molecular weight excluding hydrogens is 344 g/mol. The predicted molar refractivity (Wildman–Crippen MR) is 117 cm³/mol. The highest BCUT2D eigenvalue weighted by Crippen LogP contribution is 2.28. The molecule has 1 saturated heterocycles. The Hall–Kier alpha value is -1.87. The standard InChI is InChI=1S/C25H36N2O/c1-19(2)23-14-15-25(26-17-23)28-21(4)13-12-20(3)27-16-8-11-24(18-27)22-9-6-5-7-10-22/h5-7,9-10,14-15,17,19-21,24H,8,11-13,16,18H2,1-4H3/t20?,21?,24-/m1/s1. The van der Waals surface area contributed by atoms with Gasteiger partial charge in [0.2, 0.25) is 5.88 Å². The quantitative estimate of drug-likeness (QED) is 0.560. The first-order valence-electron chi connectivity index (χ1n) is 10.9. The van der Waals surface area contributed by atoms with Gasteiger partial charge in [-0.05, 0) is 69.0 Å². The molecule has 2 aromatic rings. The van der Waals surface area contributed by atoms with Crippen LogP contribution in [0, 0.1) is 0 Å². The van der Waals surface area contributed by atoms with Crippen LogP contribution in [0.5, 0.6) is 5.88 Å². The molecule has 0 spiro atoms. The lowest BCUT2D eigenvalue weighted by Crippen LogP contribution is -2.41. The number of pyridine rings is 1. The Labute approximate surface area is 171 Å². The zero-order valence-corrected chi connectivity index (χ0v) is 18.0. The monoisotopic (exact) mass is 380 g/mol. The van der Waals surface area contributed by atoms with Gasteiger partial charge < -0.3 is 9.64 Å². The van der Waals surface area contributed by atoms with Crippen molar-refractivity contribution in [2.45, 2.75) is 77.4 Å². The molecule has 0 amide bonds. The van der Waals surface area contributed by atoms with Crippen LogP contribution in [0.2, 0.25) is 0 Å². The number of hydrogen-bond donors (Lipinski definition) is 0. The van der Waals surface area contributed by atoms with Crippen molar-refractivity contribution >= 4 is 0 Å². The number of ether oxygens (including phenoxy) is 1. The maximum absolute atomic E-state index is 6.05. The van der Waals surface area contributed by atoms with E-state index in [2.05, 4.69) is 74.0 Å². The Morgan fingerprint density at radius 3 is 2.50 bits per heavy atom. The number of nitrogens with zero attached hydrogens (tertiary/aromatic N) is 2. The second-order valence-corrected chi connectivity index (χ2v) is 8.68. The van der Waals surface area contributed by atoms with E-state index in [0.717, 1.165) is 18.7 Å². The lowest BCUT2D eigenvalue weighted by atomic mass is 9.89. The van der Waals surface area contributed by atoms with Crippen LogP contribution in [0.25, 0.3) is 0 Å². The minimum Gasteiger partial charge on any atom is -0.475 e. The summed E-state index contributed by atoms with van der Waals surface area (Å²) in [5.41, 5.74) is 2.75. The van der Waals surface area contributed by atoms with Gasteiger partial charge in [0.05, 0.1) is 6.10 Å². The van der Waals surface area contributed by atoms with Crippen LogP contribution >= 0.6 is 0 Å². The summed E-state index contributed by atoms with van der Waals surface area (Å²) in [6.07, 6.45) is 6.95. The van der Waals surface area contributed by atoms with E-state index in [-0.39, 0.29) is 6.10 Å². The van der Waals surface area contributed by atoms with Crippen LogP contribution in [0.15, 0.2) is 48.7 Å². The summed E-state index contributed by atoms with van der Waals surface area (Å²) in [5.74, 6) is 1.92. The van der Waals surface area contributed by atoms with Gasteiger partial charge in [-0.25, -0.2) is 4.98 Å². The molecule has 1 fully saturated rings. The number of hydrogen-bond acceptors (Lipinski definition) is 3. The molecule has 3 rings (SSSR count). The number of rotatable bonds is 8. The van der Waals surface area contributed by atoms with Crippen LogP contribution < -0.4 is 4.74 Å². The van der Waals surface area contributed by atoms with Gasteiger partial charge in [0.25, 0.3) is 0 Å². The van der Waals surface area contributed by atoms with Crippen LogP contribution in [0.1, 0.15) is 76.3 Å². The van der Waals surface area contributed by atoms with Crippen molar-refractivity contribution in [1.29, 1.82) is 0 Å². The molecule has 0 aliphatic carbocycles. The van der Waals surface area contributed by atoms with Crippen molar-refractivity contribution in [2.75, 3.05) is 13.1 Å². The molecule has 2 heterocycles. The van der Waals surface area contributed by atoms with E-state index >= 15 is 0 Å². The van der Waals surface area contributed by atoms with Gasteiger partial charge in [-0.2, -0.15) is 0 Å². The Balaban J connectivity index is 1.45. The first-order valence-corrected chi connectivity index (χ1v) is 10.9. The van der Waals surface area contributed by atoms with Crippen LogP contribution in [0.3, 0.4) is 0 Å². The fourth-order valence-corrected chi connectivity index (χ4v) is 4.13. The van der Waals surface area contributed by atoms with E-state index in [0.29, 0.717) is 17.9 Å². The maximum Gasteiger partial charge on any atom is 0.213 e. The molecule has 1 aliphatic rings. The molecule has 1 aromatic heterocycles. The molecule has 2 unspecified atom stereocenters. The van der Waals surface area contributed by atoms with Gasteiger partial charge in [0.15, 0.2) is 0 Å². The third kappa shape index (κ3) is 5.81. The Bertz CT molecular complexity index is 698. The average Bonchev–Trinajstić information content (AvgIpc) is 2.73. The van der Waals surface area contributed by atoms with E-state index in [1.165, 1.54) is 37.1 Å². The fourth-order valence-electron chi connectivity index (χ4n) is 4.13. The summed E-state index contributed by atoms with van der Waals surface area (Å²) in [7, 11) is 0. The summed E-state index contributed by atoms with van der Waals surface area (Å²) >= 11 is 0. The highest BCUT2D eigenvalue weighted by atomic mass is 16.5. The Morgan fingerprint density at radius 2 is 1.82 bits per heavy atom. The van der Waals surface area contributed by atoms with E-state index in [4.69, 9.17) is 4.74 Å². The highest BCUT2D eigenvalue weighted by molar-refractivity contribution is 5.21. The predicted octanol–water partition coefficient (Wildman–Crippen LogP) is 6.02. The van der Waals surface area contributed by atoms with Crippen LogP contribution in [0.4, 0.5) is 0 Å². The van der Waals surface area contributed by atoms with Crippen molar-refractivity contribution in [3.63, 3.8) is 0 Å². The van der Waals surface area contributed by atoms with Crippen LogP contribution in [-0.2, 0) is 0 Å². The molecule has 1 aromatic carbocycles. The summed E-state index contributed by atoms with van der Waals surface area (Å²) in [6, 6.07) is 15.7. The maximum atomic E-state index is 6.05. The molecule has 3 nitrogen and oxygen atoms in total. The highest BCUT2D eigenvalue weighted by Gasteiger charge is 2.24. The average molecular weight is 381 g/mol. The fraction of sp³-hybridized carbons (Fsp3) is 0.560. The van der Waals surface area contributed by atoms with Crippen molar-refractivity contribution in [3.05, 3.63) is 59.8 Å². The smallest absolute Gasteiger partial charge is 0.213 e. The van der Waals surface area contributed by atoms with Crippen molar-refractivity contribution in [1.82, 2.24) is 9.88 Å². The van der Waals surface area contributed by atoms with E-state index < -0.39 is 0 Å². The normalized spacial score (nSPS) is 20.1. The molecule has 152 valence electrons. The second-order valence-electron chi connectivity index (χ2n) is 8.68. The Morgan fingerprint density at radius 1 is 1.04 bits per heavy atom. The van der Waals surface area contributed by atoms with E-state index in [9.17, 15) is 0 Å². The lowest BCUT2D eigenvalue weighted by molar-refractivity contribution is 0.130. The first kappa shape index (κ1) is 20.9. The number of aromatic nitrogens is 1. The third-order valence-electron chi connectivity index (χ3n) is 6.09. The number of piperidine rings is 1. The van der Waals surface area contributed by atoms with Gasteiger partial charge in [-0.1, -0.05) is 50.2 Å². The van der Waals surface area contributed by atoms with Gasteiger partial charge >= 0.3 is 0 Å². The summed E-state index contributed by atoms with van der Waals surface area (Å²) in [6.45, 7) is 11.3. The molecule has 1 aliphatic heterocycles. The van der Waals surface area contributed by atoms with Gasteiger partial charge in [-0.3, -0.25) is 0 Å². The minimum absolute atomic E-state index is 0.189. The summed E-state index contributed by atoms with van der Waals surface area (Å²) in [4.78, 5) is 7.14. The van der Waals surface area contributed by atoms with Gasteiger partial charge in [0, 0.05) is 24.8 Å². The summed E-state index contributed by atoms with van der Waals surface area (Å²) < 4.78 is 6.05. The zero-order valence-electron chi connectivity index (χ0n) is 18.0. The van der Waals surface area contributed by atoms with Crippen LogP contribution in [-0.4, -0.2) is 35.1 Å². The SMILES string of the molecule is CC(CCC(C)N1CCC[C@@H](c2ccccc2)C1)Oc1ccc(C(C)C)cn1. The topological polar surface area (TPSA) is 25.4 Å². The van der Waals surface area contributed by atoms with Crippen molar-refractivity contribution in [3.8, 4) is 5.88 Å². The number of benzene rings is 1. The van der Waals surface area contributed by atoms with Gasteiger partial charge in [0.1, 0.15) is 0 Å². The van der Waals surface area contributed by atoms with Gasteiger partial charge in [-0.15, -0.1) is 0 Å². The Kier molecular flexibility index (Phi) is 7.50. The minimum atomic E-state index is 0.189. The molecule has 0 saturated carbocycles. The summed E-state index contributed by atoms with van der Waals surface area (Å²) in [5, 5.41) is 0. The lowest BCUT2D eigenvalue weighted by Gasteiger charge is -2.37. The van der Waals surface area contributed by atoms with Crippen molar-refractivity contribution in [2.24, 2.45) is 0 Å². The molecule has 0 bridgehead atoms. The molecule has 28 heavy (non-hydrogen) atoms. The molecule has 3 atom stereocenters. The first-order chi connectivity index (χ1) is 13.5. The largest absolute Gasteiger partial charge is 0.475 e. The van der Waals surface area contributed by atoms with E-state index in [1.54, 1.807) is 0 Å². The number of likely N-dealkylation sites (tertiary alicyclic amines) is 1. The second kappa shape index (κ2) is 10.1. The zero-order chi connectivity index (χ0) is 19.9.